The standard InChI is InChI=1S/C11H13BrN2O.ClH/c12-9-3-1-2-8(6-9)11(15)14-10-4-5-13-7-10;/h1-3,6,10,13H,4-5,7H2,(H,14,15);1H. The van der Waals surface area contributed by atoms with Crippen molar-refractivity contribution in [2.24, 2.45) is 0 Å². The lowest BCUT2D eigenvalue weighted by Crippen LogP contribution is -2.36. The van der Waals surface area contributed by atoms with E-state index in [9.17, 15) is 4.79 Å². The van der Waals surface area contributed by atoms with Crippen LogP contribution in [0.1, 0.15) is 16.8 Å². The van der Waals surface area contributed by atoms with Gasteiger partial charge in [-0.05, 0) is 31.2 Å². The normalized spacial score (nSPS) is 18.9. The van der Waals surface area contributed by atoms with Crippen molar-refractivity contribution in [3.8, 4) is 0 Å². The molecule has 5 heteroatoms. The average Bonchev–Trinajstić information content (AvgIpc) is 2.70. The Hall–Kier alpha value is -0.580. The first-order valence-corrected chi connectivity index (χ1v) is 5.82. The lowest BCUT2D eigenvalue weighted by molar-refractivity contribution is 0.0940. The van der Waals surface area contributed by atoms with E-state index in [0.717, 1.165) is 24.0 Å². The maximum Gasteiger partial charge on any atom is 0.251 e. The minimum absolute atomic E-state index is 0. The smallest absolute Gasteiger partial charge is 0.251 e. The van der Waals surface area contributed by atoms with Crippen molar-refractivity contribution in [1.29, 1.82) is 0 Å². The SMILES string of the molecule is Cl.O=C(NC1CCNC1)c1cccc(Br)c1. The van der Waals surface area contributed by atoms with Gasteiger partial charge in [0, 0.05) is 22.6 Å². The molecule has 1 amide bonds. The van der Waals surface area contributed by atoms with Gasteiger partial charge in [-0.15, -0.1) is 12.4 Å². The molecular weight excluding hydrogens is 291 g/mol. The number of amides is 1. The molecule has 0 aromatic heterocycles. The Labute approximate surface area is 110 Å². The number of benzene rings is 1. The van der Waals surface area contributed by atoms with Gasteiger partial charge in [-0.1, -0.05) is 22.0 Å². The molecule has 1 unspecified atom stereocenters. The lowest BCUT2D eigenvalue weighted by atomic mass is 10.2. The molecule has 1 saturated heterocycles. The monoisotopic (exact) mass is 304 g/mol. The second-order valence-electron chi connectivity index (χ2n) is 3.67. The Morgan fingerprint density at radius 1 is 1.50 bits per heavy atom. The van der Waals surface area contributed by atoms with Crippen LogP contribution in [0.4, 0.5) is 0 Å². The fourth-order valence-corrected chi connectivity index (χ4v) is 2.08. The van der Waals surface area contributed by atoms with E-state index in [1.807, 2.05) is 24.3 Å². The summed E-state index contributed by atoms with van der Waals surface area (Å²) in [5.74, 6) is 0.00463. The first kappa shape index (κ1) is 13.5. The van der Waals surface area contributed by atoms with Gasteiger partial charge in [0.1, 0.15) is 0 Å². The zero-order valence-corrected chi connectivity index (χ0v) is 11.1. The van der Waals surface area contributed by atoms with Crippen molar-refractivity contribution in [1.82, 2.24) is 10.6 Å². The highest BCUT2D eigenvalue weighted by Crippen LogP contribution is 2.12. The number of nitrogens with one attached hydrogen (secondary N) is 2. The summed E-state index contributed by atoms with van der Waals surface area (Å²) in [4.78, 5) is 11.8. The van der Waals surface area contributed by atoms with Crippen LogP contribution < -0.4 is 10.6 Å². The Kier molecular flexibility index (Phi) is 5.25. The highest BCUT2D eigenvalue weighted by molar-refractivity contribution is 9.10. The van der Waals surface area contributed by atoms with Gasteiger partial charge in [0.05, 0.1) is 0 Å². The third kappa shape index (κ3) is 3.47. The summed E-state index contributed by atoms with van der Waals surface area (Å²) in [6, 6.07) is 7.71. The fourth-order valence-electron chi connectivity index (χ4n) is 1.68. The van der Waals surface area contributed by atoms with E-state index in [1.54, 1.807) is 0 Å². The molecule has 1 aliphatic rings. The molecule has 0 bridgehead atoms. The molecule has 88 valence electrons. The summed E-state index contributed by atoms with van der Waals surface area (Å²) in [5, 5.41) is 6.22. The third-order valence-electron chi connectivity index (χ3n) is 2.48. The van der Waals surface area contributed by atoms with Crippen molar-refractivity contribution >= 4 is 34.2 Å². The van der Waals surface area contributed by atoms with Crippen molar-refractivity contribution in [3.05, 3.63) is 34.3 Å². The topological polar surface area (TPSA) is 41.1 Å². The van der Waals surface area contributed by atoms with Crippen molar-refractivity contribution in [3.63, 3.8) is 0 Å². The maximum absolute atomic E-state index is 11.8. The van der Waals surface area contributed by atoms with Crippen molar-refractivity contribution in [2.45, 2.75) is 12.5 Å². The van der Waals surface area contributed by atoms with Crippen LogP contribution in [0, 0.1) is 0 Å². The van der Waals surface area contributed by atoms with E-state index >= 15 is 0 Å². The van der Waals surface area contributed by atoms with Crippen LogP contribution in [0.5, 0.6) is 0 Å². The molecule has 16 heavy (non-hydrogen) atoms. The Morgan fingerprint density at radius 3 is 2.94 bits per heavy atom. The van der Waals surface area contributed by atoms with Crippen LogP contribution in [0.2, 0.25) is 0 Å². The molecule has 2 rings (SSSR count). The first-order chi connectivity index (χ1) is 7.25. The quantitative estimate of drug-likeness (QED) is 0.877. The van der Waals surface area contributed by atoms with Gasteiger partial charge in [-0.25, -0.2) is 0 Å². The predicted octanol–water partition coefficient (Wildman–Crippen LogP) is 1.96. The highest BCUT2D eigenvalue weighted by atomic mass is 79.9. The molecule has 1 aromatic rings. The van der Waals surface area contributed by atoms with Crippen molar-refractivity contribution < 1.29 is 4.79 Å². The van der Waals surface area contributed by atoms with Crippen LogP contribution in [0.3, 0.4) is 0 Å². The van der Waals surface area contributed by atoms with Gasteiger partial charge in [0.15, 0.2) is 0 Å². The molecule has 3 nitrogen and oxygen atoms in total. The van der Waals surface area contributed by atoms with Crippen molar-refractivity contribution in [2.75, 3.05) is 13.1 Å². The molecule has 0 aliphatic carbocycles. The van der Waals surface area contributed by atoms with E-state index in [-0.39, 0.29) is 24.4 Å². The summed E-state index contributed by atoms with van der Waals surface area (Å²) < 4.78 is 0.930. The number of hydrogen-bond acceptors (Lipinski definition) is 2. The molecule has 1 fully saturated rings. The molecule has 1 atom stereocenters. The van der Waals surface area contributed by atoms with E-state index in [0.29, 0.717) is 5.56 Å². The highest BCUT2D eigenvalue weighted by Gasteiger charge is 2.17. The number of hydrogen-bond donors (Lipinski definition) is 2. The van der Waals surface area contributed by atoms with E-state index in [1.165, 1.54) is 0 Å². The first-order valence-electron chi connectivity index (χ1n) is 5.03. The zero-order valence-electron chi connectivity index (χ0n) is 8.70. The summed E-state index contributed by atoms with van der Waals surface area (Å²) in [7, 11) is 0. The second kappa shape index (κ2) is 6.23. The van der Waals surface area contributed by atoms with Crippen LogP contribution in [0.25, 0.3) is 0 Å². The largest absolute Gasteiger partial charge is 0.348 e. The Morgan fingerprint density at radius 2 is 2.31 bits per heavy atom. The number of carbonyl (C=O) groups excluding carboxylic acids is 1. The predicted molar refractivity (Wildman–Crippen MR) is 70.1 cm³/mol. The third-order valence-corrected chi connectivity index (χ3v) is 2.98. The number of halogens is 2. The van der Waals surface area contributed by atoms with Gasteiger partial charge in [-0.2, -0.15) is 0 Å². The minimum atomic E-state index is 0. The molecule has 1 aliphatic heterocycles. The second-order valence-corrected chi connectivity index (χ2v) is 4.59. The van der Waals surface area contributed by atoms with Crippen LogP contribution in [0.15, 0.2) is 28.7 Å². The minimum Gasteiger partial charge on any atom is -0.348 e. The van der Waals surface area contributed by atoms with Gasteiger partial charge in [0.25, 0.3) is 5.91 Å². The summed E-state index contributed by atoms with van der Waals surface area (Å²) in [6.07, 6.45) is 1.01. The summed E-state index contributed by atoms with van der Waals surface area (Å²) >= 11 is 3.35. The molecule has 0 saturated carbocycles. The van der Waals surface area contributed by atoms with Crippen LogP contribution in [-0.2, 0) is 0 Å². The summed E-state index contributed by atoms with van der Waals surface area (Å²) in [5.41, 5.74) is 0.705. The average molecular weight is 306 g/mol. The number of carbonyl (C=O) groups is 1. The van der Waals surface area contributed by atoms with E-state index in [4.69, 9.17) is 0 Å². The Bertz CT molecular complexity index is 367. The van der Waals surface area contributed by atoms with Gasteiger partial charge < -0.3 is 10.6 Å². The molecular formula is C11H14BrClN2O. The number of rotatable bonds is 2. The Balaban J connectivity index is 0.00000128. The van der Waals surface area contributed by atoms with Crippen LogP contribution >= 0.6 is 28.3 Å². The fraction of sp³-hybridized carbons (Fsp3) is 0.364. The van der Waals surface area contributed by atoms with Gasteiger partial charge >= 0.3 is 0 Å². The lowest BCUT2D eigenvalue weighted by Gasteiger charge is -2.11. The van der Waals surface area contributed by atoms with Gasteiger partial charge in [0.2, 0.25) is 0 Å². The van der Waals surface area contributed by atoms with Crippen LogP contribution in [-0.4, -0.2) is 25.0 Å². The maximum atomic E-state index is 11.8. The zero-order chi connectivity index (χ0) is 10.7. The molecule has 2 N–H and O–H groups in total. The van der Waals surface area contributed by atoms with E-state index in [2.05, 4.69) is 26.6 Å². The molecule has 0 spiro atoms. The van der Waals surface area contributed by atoms with Gasteiger partial charge in [-0.3, -0.25) is 4.79 Å². The summed E-state index contributed by atoms with van der Waals surface area (Å²) in [6.45, 7) is 1.86. The molecule has 1 aromatic carbocycles. The molecule has 0 radical (unpaired) electrons. The molecule has 1 heterocycles. The van der Waals surface area contributed by atoms with E-state index < -0.39 is 0 Å².